The second-order valence-corrected chi connectivity index (χ2v) is 3.18. The topological polar surface area (TPSA) is 58.8 Å². The highest BCUT2D eigenvalue weighted by atomic mass is 16.5. The Morgan fingerprint density at radius 3 is 2.31 bits per heavy atom. The molecule has 0 amide bonds. The summed E-state index contributed by atoms with van der Waals surface area (Å²) < 4.78 is 4.91. The van der Waals surface area contributed by atoms with Crippen LogP contribution in [0.1, 0.15) is 19.7 Å². The lowest BCUT2D eigenvalue weighted by atomic mass is 9.95. The van der Waals surface area contributed by atoms with Gasteiger partial charge in [0.1, 0.15) is 11.2 Å². The first-order valence-corrected chi connectivity index (χ1v) is 3.88. The van der Waals surface area contributed by atoms with Crippen LogP contribution in [-0.2, 0) is 5.41 Å². The molecule has 0 spiro atoms. The molecule has 0 N–H and O–H groups in total. The van der Waals surface area contributed by atoms with Crippen LogP contribution in [0, 0.1) is 11.3 Å². The zero-order valence-electron chi connectivity index (χ0n) is 7.90. The van der Waals surface area contributed by atoms with Gasteiger partial charge in [-0.3, -0.25) is 0 Å². The van der Waals surface area contributed by atoms with Gasteiger partial charge < -0.3 is 4.74 Å². The number of ether oxygens (including phenoxy) is 1. The summed E-state index contributed by atoms with van der Waals surface area (Å²) in [5.74, 6) is 1.10. The van der Waals surface area contributed by atoms with E-state index < -0.39 is 5.41 Å². The van der Waals surface area contributed by atoms with E-state index in [4.69, 9.17) is 10.00 Å². The van der Waals surface area contributed by atoms with Gasteiger partial charge in [0.25, 0.3) is 0 Å². The molecular formula is C9H11N3O. The Labute approximate surface area is 77.2 Å². The normalized spacial score (nSPS) is 10.6. The number of nitriles is 1. The number of methoxy groups -OCH3 is 1. The third-order valence-corrected chi connectivity index (χ3v) is 1.70. The van der Waals surface area contributed by atoms with Crippen LogP contribution in [0.25, 0.3) is 0 Å². The van der Waals surface area contributed by atoms with Crippen molar-refractivity contribution in [1.29, 1.82) is 5.26 Å². The van der Waals surface area contributed by atoms with E-state index in [0.717, 1.165) is 0 Å². The smallest absolute Gasteiger partial charge is 0.155 e. The molecule has 0 fully saturated rings. The van der Waals surface area contributed by atoms with Crippen molar-refractivity contribution in [3.63, 3.8) is 0 Å². The highest BCUT2D eigenvalue weighted by Gasteiger charge is 2.22. The third-order valence-electron chi connectivity index (χ3n) is 1.70. The van der Waals surface area contributed by atoms with Gasteiger partial charge in [0.15, 0.2) is 5.75 Å². The quantitative estimate of drug-likeness (QED) is 0.682. The average molecular weight is 177 g/mol. The van der Waals surface area contributed by atoms with E-state index in [0.29, 0.717) is 11.6 Å². The molecule has 0 aliphatic rings. The van der Waals surface area contributed by atoms with Crippen LogP contribution >= 0.6 is 0 Å². The molecule has 1 aromatic heterocycles. The molecule has 0 atom stereocenters. The summed E-state index contributed by atoms with van der Waals surface area (Å²) in [6, 6.07) is 2.13. The lowest BCUT2D eigenvalue weighted by Gasteiger charge is -2.12. The van der Waals surface area contributed by atoms with Gasteiger partial charge in [0, 0.05) is 0 Å². The molecule has 0 aliphatic heterocycles. The standard InChI is InChI=1S/C9H11N3O/c1-9(2,6-10)8-11-4-7(13-3)5-12-8/h4-5H,1-3H3. The molecule has 0 unspecified atom stereocenters. The maximum atomic E-state index is 8.81. The molecule has 0 bridgehead atoms. The molecule has 1 heterocycles. The monoisotopic (exact) mass is 177 g/mol. The maximum absolute atomic E-state index is 8.81. The van der Waals surface area contributed by atoms with E-state index in [-0.39, 0.29) is 0 Å². The van der Waals surface area contributed by atoms with Gasteiger partial charge in [0.2, 0.25) is 0 Å². The van der Waals surface area contributed by atoms with Gasteiger partial charge in [-0.2, -0.15) is 5.26 Å². The highest BCUT2D eigenvalue weighted by molar-refractivity contribution is 5.20. The summed E-state index contributed by atoms with van der Waals surface area (Å²) in [4.78, 5) is 8.07. The zero-order chi connectivity index (χ0) is 9.90. The first-order chi connectivity index (χ1) is 6.10. The average Bonchev–Trinajstić information content (AvgIpc) is 2.18. The summed E-state index contributed by atoms with van der Waals surface area (Å²) in [5, 5.41) is 8.81. The van der Waals surface area contributed by atoms with Crippen molar-refractivity contribution in [3.8, 4) is 11.8 Å². The summed E-state index contributed by atoms with van der Waals surface area (Å²) in [5.41, 5.74) is -0.647. The van der Waals surface area contributed by atoms with E-state index >= 15 is 0 Å². The Balaban J connectivity index is 3.00. The van der Waals surface area contributed by atoms with E-state index in [2.05, 4.69) is 16.0 Å². The summed E-state index contributed by atoms with van der Waals surface area (Å²) in [7, 11) is 1.55. The lowest BCUT2D eigenvalue weighted by Crippen LogP contribution is -2.17. The molecule has 4 nitrogen and oxygen atoms in total. The SMILES string of the molecule is COc1cnc(C(C)(C)C#N)nc1. The van der Waals surface area contributed by atoms with Crippen LogP contribution in [0.3, 0.4) is 0 Å². The second-order valence-electron chi connectivity index (χ2n) is 3.18. The first-order valence-electron chi connectivity index (χ1n) is 3.88. The van der Waals surface area contributed by atoms with E-state index in [1.165, 1.54) is 0 Å². The van der Waals surface area contributed by atoms with Crippen LogP contribution in [0.2, 0.25) is 0 Å². The molecule has 0 saturated heterocycles. The number of nitrogens with zero attached hydrogens (tertiary/aromatic N) is 3. The molecule has 0 radical (unpaired) electrons. The van der Waals surface area contributed by atoms with E-state index in [1.807, 2.05) is 0 Å². The zero-order valence-corrected chi connectivity index (χ0v) is 7.90. The molecule has 68 valence electrons. The fourth-order valence-electron chi connectivity index (χ4n) is 0.794. The Morgan fingerprint density at radius 2 is 1.92 bits per heavy atom. The Bertz CT molecular complexity index is 324. The number of rotatable bonds is 2. The molecule has 1 rings (SSSR count). The van der Waals surface area contributed by atoms with Gasteiger partial charge in [-0.15, -0.1) is 0 Å². The summed E-state index contributed by atoms with van der Waals surface area (Å²) >= 11 is 0. The van der Waals surface area contributed by atoms with Crippen molar-refractivity contribution in [2.24, 2.45) is 0 Å². The van der Waals surface area contributed by atoms with Gasteiger partial charge in [-0.05, 0) is 13.8 Å². The van der Waals surface area contributed by atoms with Crippen molar-refractivity contribution in [2.75, 3.05) is 7.11 Å². The summed E-state index contributed by atoms with van der Waals surface area (Å²) in [6.45, 7) is 3.55. The molecule has 13 heavy (non-hydrogen) atoms. The van der Waals surface area contributed by atoms with Crippen LogP contribution < -0.4 is 4.74 Å². The van der Waals surface area contributed by atoms with Crippen LogP contribution in [0.4, 0.5) is 0 Å². The van der Waals surface area contributed by atoms with Crippen molar-refractivity contribution in [3.05, 3.63) is 18.2 Å². The van der Waals surface area contributed by atoms with Gasteiger partial charge in [-0.25, -0.2) is 9.97 Å². The molecule has 0 saturated carbocycles. The third kappa shape index (κ3) is 1.94. The molecule has 0 aromatic carbocycles. The predicted octanol–water partition coefficient (Wildman–Crippen LogP) is 1.29. The number of hydrogen-bond acceptors (Lipinski definition) is 4. The molecular weight excluding hydrogens is 166 g/mol. The second kappa shape index (κ2) is 3.40. The highest BCUT2D eigenvalue weighted by Crippen LogP contribution is 2.18. The van der Waals surface area contributed by atoms with Crippen LogP contribution in [-0.4, -0.2) is 17.1 Å². The Hall–Kier alpha value is -1.63. The minimum atomic E-state index is -0.647. The predicted molar refractivity (Wildman–Crippen MR) is 47.2 cm³/mol. The van der Waals surface area contributed by atoms with Crippen molar-refractivity contribution in [1.82, 2.24) is 9.97 Å². The molecule has 1 aromatic rings. The van der Waals surface area contributed by atoms with Gasteiger partial charge in [0.05, 0.1) is 25.6 Å². The number of aromatic nitrogens is 2. The van der Waals surface area contributed by atoms with Gasteiger partial charge >= 0.3 is 0 Å². The Morgan fingerprint density at radius 1 is 1.38 bits per heavy atom. The van der Waals surface area contributed by atoms with Crippen molar-refractivity contribution in [2.45, 2.75) is 19.3 Å². The first kappa shape index (κ1) is 9.46. The molecule has 0 aliphatic carbocycles. The minimum absolute atomic E-state index is 0.510. The molecule has 4 heteroatoms. The maximum Gasteiger partial charge on any atom is 0.155 e. The lowest BCUT2D eigenvalue weighted by molar-refractivity contribution is 0.408. The fourth-order valence-corrected chi connectivity index (χ4v) is 0.794. The van der Waals surface area contributed by atoms with Crippen LogP contribution in [0.15, 0.2) is 12.4 Å². The largest absolute Gasteiger partial charge is 0.494 e. The fraction of sp³-hybridized carbons (Fsp3) is 0.444. The minimum Gasteiger partial charge on any atom is -0.494 e. The van der Waals surface area contributed by atoms with Gasteiger partial charge in [-0.1, -0.05) is 0 Å². The van der Waals surface area contributed by atoms with E-state index in [1.54, 1.807) is 33.4 Å². The van der Waals surface area contributed by atoms with E-state index in [9.17, 15) is 0 Å². The van der Waals surface area contributed by atoms with Crippen molar-refractivity contribution >= 4 is 0 Å². The Kier molecular flexibility index (Phi) is 2.47. The number of hydrogen-bond donors (Lipinski definition) is 0. The van der Waals surface area contributed by atoms with Crippen molar-refractivity contribution < 1.29 is 4.74 Å². The summed E-state index contributed by atoms with van der Waals surface area (Å²) in [6.07, 6.45) is 3.11. The van der Waals surface area contributed by atoms with Crippen LogP contribution in [0.5, 0.6) is 5.75 Å².